The van der Waals surface area contributed by atoms with Gasteiger partial charge in [0.1, 0.15) is 0 Å². The monoisotopic (exact) mass is 180 g/mol. The number of nitrogens with one attached hydrogen (secondary N) is 1. The van der Waals surface area contributed by atoms with E-state index in [-0.39, 0.29) is 5.91 Å². The van der Waals surface area contributed by atoms with Gasteiger partial charge in [0, 0.05) is 33.3 Å². The lowest BCUT2D eigenvalue weighted by Crippen LogP contribution is -2.36. The van der Waals surface area contributed by atoms with Crippen molar-refractivity contribution in [3.05, 3.63) is 23.9 Å². The summed E-state index contributed by atoms with van der Waals surface area (Å²) in [5.41, 5.74) is 2.26. The van der Waals surface area contributed by atoms with Gasteiger partial charge in [-0.05, 0) is 17.6 Å². The summed E-state index contributed by atoms with van der Waals surface area (Å²) in [6.07, 6.45) is 2.80. The Bertz CT molecular complexity index is 256. The molecule has 1 aliphatic rings. The van der Waals surface area contributed by atoms with Crippen LogP contribution in [0.4, 0.5) is 0 Å². The molecule has 3 heteroatoms. The van der Waals surface area contributed by atoms with Crippen molar-refractivity contribution in [2.24, 2.45) is 0 Å². The molecule has 0 aromatic carbocycles. The molecule has 1 amide bonds. The maximum atomic E-state index is 11.1. The van der Waals surface area contributed by atoms with Crippen LogP contribution in [0.25, 0.3) is 0 Å². The maximum absolute atomic E-state index is 11.1. The SMILES string of the molecule is C=C1CCN(C(C)=O)C/C1=C/NC. The fourth-order valence-corrected chi connectivity index (χ4v) is 1.42. The number of rotatable bonds is 1. The number of nitrogens with zero attached hydrogens (tertiary/aromatic N) is 1. The van der Waals surface area contributed by atoms with Gasteiger partial charge < -0.3 is 10.2 Å². The van der Waals surface area contributed by atoms with Crippen LogP contribution in [0.1, 0.15) is 13.3 Å². The summed E-state index contributed by atoms with van der Waals surface area (Å²) in [5, 5.41) is 2.97. The normalized spacial score (nSPS) is 20.6. The Labute approximate surface area is 79.1 Å². The molecule has 0 aromatic rings. The first-order chi connectivity index (χ1) is 6.15. The highest BCUT2D eigenvalue weighted by Gasteiger charge is 2.18. The second-order valence-corrected chi connectivity index (χ2v) is 3.25. The summed E-state index contributed by atoms with van der Waals surface area (Å²) in [7, 11) is 1.85. The fourth-order valence-electron chi connectivity index (χ4n) is 1.42. The van der Waals surface area contributed by atoms with E-state index in [1.54, 1.807) is 6.92 Å². The van der Waals surface area contributed by atoms with Gasteiger partial charge in [0.2, 0.25) is 5.91 Å². The molecule has 13 heavy (non-hydrogen) atoms. The Hall–Kier alpha value is -1.25. The van der Waals surface area contributed by atoms with Gasteiger partial charge >= 0.3 is 0 Å². The number of hydrogen-bond acceptors (Lipinski definition) is 2. The molecule has 3 nitrogen and oxygen atoms in total. The summed E-state index contributed by atoms with van der Waals surface area (Å²) < 4.78 is 0. The molecular weight excluding hydrogens is 164 g/mol. The maximum Gasteiger partial charge on any atom is 0.219 e. The Balaban J connectivity index is 2.69. The fraction of sp³-hybridized carbons (Fsp3) is 0.500. The molecule has 1 rings (SSSR count). The van der Waals surface area contributed by atoms with E-state index in [1.165, 1.54) is 0 Å². The van der Waals surface area contributed by atoms with Crippen molar-refractivity contribution in [3.63, 3.8) is 0 Å². The third-order valence-corrected chi connectivity index (χ3v) is 2.26. The highest BCUT2D eigenvalue weighted by atomic mass is 16.2. The van der Waals surface area contributed by atoms with Crippen LogP contribution in [-0.2, 0) is 4.79 Å². The predicted molar refractivity (Wildman–Crippen MR) is 53.2 cm³/mol. The summed E-state index contributed by atoms with van der Waals surface area (Å²) in [6, 6.07) is 0. The second kappa shape index (κ2) is 4.12. The average Bonchev–Trinajstić information content (AvgIpc) is 2.08. The predicted octanol–water partition coefficient (Wildman–Crippen LogP) is 0.898. The Morgan fingerprint density at radius 2 is 2.38 bits per heavy atom. The molecule has 0 bridgehead atoms. The van der Waals surface area contributed by atoms with Crippen LogP contribution < -0.4 is 5.32 Å². The summed E-state index contributed by atoms with van der Waals surface area (Å²) in [6.45, 7) is 7.05. The number of amides is 1. The van der Waals surface area contributed by atoms with Crippen molar-refractivity contribution in [1.82, 2.24) is 10.2 Å². The van der Waals surface area contributed by atoms with Gasteiger partial charge in [-0.25, -0.2) is 0 Å². The van der Waals surface area contributed by atoms with Gasteiger partial charge in [-0.3, -0.25) is 4.79 Å². The first-order valence-corrected chi connectivity index (χ1v) is 4.45. The molecule has 0 unspecified atom stereocenters. The minimum Gasteiger partial charge on any atom is -0.394 e. The summed E-state index contributed by atoms with van der Waals surface area (Å²) >= 11 is 0. The first-order valence-electron chi connectivity index (χ1n) is 4.45. The molecule has 0 radical (unpaired) electrons. The largest absolute Gasteiger partial charge is 0.394 e. The highest BCUT2D eigenvalue weighted by molar-refractivity contribution is 5.74. The molecule has 0 atom stereocenters. The third kappa shape index (κ3) is 2.34. The van der Waals surface area contributed by atoms with Crippen LogP contribution in [0.15, 0.2) is 23.9 Å². The standard InChI is InChI=1S/C10H16N2O/c1-8-4-5-12(9(2)13)7-10(8)6-11-3/h6,11H,1,4-5,7H2,2-3H3/b10-6-. The smallest absolute Gasteiger partial charge is 0.219 e. The zero-order chi connectivity index (χ0) is 9.84. The molecule has 1 aliphatic heterocycles. The molecular formula is C10H16N2O. The van der Waals surface area contributed by atoms with Crippen LogP contribution in [0.5, 0.6) is 0 Å². The molecule has 0 aromatic heterocycles. The van der Waals surface area contributed by atoms with Crippen molar-refractivity contribution >= 4 is 5.91 Å². The number of carbonyl (C=O) groups excluding carboxylic acids is 1. The van der Waals surface area contributed by atoms with Crippen LogP contribution in [-0.4, -0.2) is 30.9 Å². The van der Waals surface area contributed by atoms with Gasteiger partial charge in [-0.1, -0.05) is 6.58 Å². The topological polar surface area (TPSA) is 32.3 Å². The Kier molecular flexibility index (Phi) is 3.12. The van der Waals surface area contributed by atoms with E-state index in [4.69, 9.17) is 0 Å². The molecule has 72 valence electrons. The third-order valence-electron chi connectivity index (χ3n) is 2.26. The number of hydrogen-bond donors (Lipinski definition) is 1. The van der Waals surface area contributed by atoms with Crippen LogP contribution in [0, 0.1) is 0 Å². The lowest BCUT2D eigenvalue weighted by molar-refractivity contribution is -0.128. The van der Waals surface area contributed by atoms with E-state index in [0.29, 0.717) is 6.54 Å². The Morgan fingerprint density at radius 1 is 1.69 bits per heavy atom. The van der Waals surface area contributed by atoms with E-state index in [1.807, 2.05) is 18.1 Å². The minimum atomic E-state index is 0.134. The molecule has 1 saturated heterocycles. The number of piperidine rings is 1. The quantitative estimate of drug-likeness (QED) is 0.650. The first kappa shape index (κ1) is 9.84. The van der Waals surface area contributed by atoms with Gasteiger partial charge in [-0.2, -0.15) is 0 Å². The molecule has 0 saturated carbocycles. The summed E-state index contributed by atoms with van der Waals surface area (Å²) in [4.78, 5) is 12.9. The lowest BCUT2D eigenvalue weighted by Gasteiger charge is -2.29. The van der Waals surface area contributed by atoms with Gasteiger partial charge in [-0.15, -0.1) is 0 Å². The van der Waals surface area contributed by atoms with Crippen LogP contribution in [0.2, 0.25) is 0 Å². The van der Waals surface area contributed by atoms with Crippen molar-refractivity contribution < 1.29 is 4.79 Å². The van der Waals surface area contributed by atoms with Gasteiger partial charge in [0.15, 0.2) is 0 Å². The minimum absolute atomic E-state index is 0.134. The lowest BCUT2D eigenvalue weighted by atomic mass is 10.0. The van der Waals surface area contributed by atoms with E-state index >= 15 is 0 Å². The zero-order valence-corrected chi connectivity index (χ0v) is 8.26. The van der Waals surface area contributed by atoms with E-state index in [2.05, 4.69) is 11.9 Å². The van der Waals surface area contributed by atoms with Crippen molar-refractivity contribution in [2.75, 3.05) is 20.1 Å². The van der Waals surface area contributed by atoms with E-state index in [0.717, 1.165) is 24.1 Å². The van der Waals surface area contributed by atoms with Crippen molar-refractivity contribution in [1.29, 1.82) is 0 Å². The van der Waals surface area contributed by atoms with Crippen molar-refractivity contribution in [3.8, 4) is 0 Å². The summed E-state index contributed by atoms with van der Waals surface area (Å²) in [5.74, 6) is 0.134. The van der Waals surface area contributed by atoms with E-state index in [9.17, 15) is 4.79 Å². The average molecular weight is 180 g/mol. The molecule has 0 spiro atoms. The van der Waals surface area contributed by atoms with Gasteiger partial charge in [0.05, 0.1) is 0 Å². The van der Waals surface area contributed by atoms with Crippen LogP contribution >= 0.6 is 0 Å². The van der Waals surface area contributed by atoms with Crippen LogP contribution in [0.3, 0.4) is 0 Å². The van der Waals surface area contributed by atoms with Gasteiger partial charge in [0.25, 0.3) is 0 Å². The molecule has 0 aliphatic carbocycles. The molecule has 1 heterocycles. The zero-order valence-electron chi connectivity index (χ0n) is 8.26. The van der Waals surface area contributed by atoms with E-state index < -0.39 is 0 Å². The highest BCUT2D eigenvalue weighted by Crippen LogP contribution is 2.19. The number of likely N-dealkylation sites (tertiary alicyclic amines) is 1. The number of carbonyl (C=O) groups is 1. The Morgan fingerprint density at radius 3 is 2.92 bits per heavy atom. The molecule has 1 fully saturated rings. The second-order valence-electron chi connectivity index (χ2n) is 3.25. The molecule has 1 N–H and O–H groups in total. The van der Waals surface area contributed by atoms with Crippen molar-refractivity contribution in [2.45, 2.75) is 13.3 Å².